The van der Waals surface area contributed by atoms with Gasteiger partial charge in [-0.25, -0.2) is 8.42 Å². The molecule has 15 heavy (non-hydrogen) atoms. The van der Waals surface area contributed by atoms with Crippen molar-refractivity contribution in [2.24, 2.45) is 0 Å². The molecule has 1 rings (SSSR count). The fraction of sp³-hybridized carbons (Fsp3) is 0.333. The third kappa shape index (κ3) is 3.55. The summed E-state index contributed by atoms with van der Waals surface area (Å²) in [6, 6.07) is 4.08. The van der Waals surface area contributed by atoms with Crippen LogP contribution < -0.4 is 4.74 Å². The molecule has 0 saturated heterocycles. The van der Waals surface area contributed by atoms with Crippen molar-refractivity contribution >= 4 is 31.3 Å². The first-order valence-corrected chi connectivity index (χ1v) is 6.90. The molecule has 3 nitrogen and oxygen atoms in total. The summed E-state index contributed by atoms with van der Waals surface area (Å²) in [6.07, 6.45) is -0.0872. The Morgan fingerprint density at radius 3 is 2.40 bits per heavy atom. The minimum atomic E-state index is -3.74. The van der Waals surface area contributed by atoms with Gasteiger partial charge in [0, 0.05) is 16.7 Å². The molecule has 0 saturated carbocycles. The lowest BCUT2D eigenvalue weighted by molar-refractivity contribution is 0.242. The summed E-state index contributed by atoms with van der Waals surface area (Å²) in [5.41, 5.74) is 0. The monoisotopic (exact) mass is 268 g/mol. The average Bonchev–Trinajstić information content (AvgIpc) is 2.06. The van der Waals surface area contributed by atoms with Crippen molar-refractivity contribution in [3.05, 3.63) is 23.2 Å². The zero-order valence-corrected chi connectivity index (χ0v) is 10.5. The van der Waals surface area contributed by atoms with Crippen LogP contribution in [0.1, 0.15) is 13.8 Å². The largest absolute Gasteiger partial charge is 0.489 e. The first-order chi connectivity index (χ1) is 6.80. The summed E-state index contributed by atoms with van der Waals surface area (Å²) >= 11 is 5.83. The zero-order chi connectivity index (χ0) is 11.6. The lowest BCUT2D eigenvalue weighted by Crippen LogP contribution is -2.06. The molecule has 0 aromatic heterocycles. The van der Waals surface area contributed by atoms with E-state index in [0.29, 0.717) is 10.8 Å². The highest BCUT2D eigenvalue weighted by atomic mass is 35.7. The van der Waals surface area contributed by atoms with E-state index in [1.54, 1.807) is 0 Å². The molecule has 84 valence electrons. The number of hydrogen-bond donors (Lipinski definition) is 0. The molecule has 0 aliphatic carbocycles. The molecular formula is C9H10Cl2O3S. The SMILES string of the molecule is CC(C)Oc1cc(S(=O)(=O)Cl)ccc1Cl. The maximum Gasteiger partial charge on any atom is 0.261 e. The van der Waals surface area contributed by atoms with E-state index in [1.165, 1.54) is 18.2 Å². The molecule has 6 heteroatoms. The van der Waals surface area contributed by atoms with Gasteiger partial charge in [-0.1, -0.05) is 11.6 Å². The van der Waals surface area contributed by atoms with Crippen LogP contribution in [0.4, 0.5) is 0 Å². The predicted octanol–water partition coefficient (Wildman–Crippen LogP) is 3.05. The number of halogens is 2. The third-order valence-electron chi connectivity index (χ3n) is 1.55. The van der Waals surface area contributed by atoms with Crippen LogP contribution in [0.5, 0.6) is 5.75 Å². The van der Waals surface area contributed by atoms with Crippen LogP contribution in [0, 0.1) is 0 Å². The van der Waals surface area contributed by atoms with Crippen molar-refractivity contribution < 1.29 is 13.2 Å². The topological polar surface area (TPSA) is 43.4 Å². The highest BCUT2D eigenvalue weighted by Crippen LogP contribution is 2.29. The van der Waals surface area contributed by atoms with E-state index < -0.39 is 9.05 Å². The summed E-state index contributed by atoms with van der Waals surface area (Å²) in [5, 5.41) is 0.354. The molecule has 0 atom stereocenters. The molecule has 0 bridgehead atoms. The molecule has 1 aromatic carbocycles. The first kappa shape index (κ1) is 12.6. The summed E-state index contributed by atoms with van der Waals surface area (Å²) in [5.74, 6) is 0.313. The van der Waals surface area contributed by atoms with Gasteiger partial charge in [-0.3, -0.25) is 0 Å². The highest BCUT2D eigenvalue weighted by Gasteiger charge is 2.13. The Hall–Kier alpha value is -0.450. The van der Waals surface area contributed by atoms with Crippen molar-refractivity contribution in [1.29, 1.82) is 0 Å². The third-order valence-corrected chi connectivity index (χ3v) is 3.21. The van der Waals surface area contributed by atoms with E-state index in [2.05, 4.69) is 0 Å². The van der Waals surface area contributed by atoms with Gasteiger partial charge in [-0.05, 0) is 26.0 Å². The van der Waals surface area contributed by atoms with Crippen molar-refractivity contribution in [2.75, 3.05) is 0 Å². The molecule has 0 unspecified atom stereocenters. The lowest BCUT2D eigenvalue weighted by Gasteiger charge is -2.11. The van der Waals surface area contributed by atoms with E-state index in [-0.39, 0.29) is 11.0 Å². The second-order valence-electron chi connectivity index (χ2n) is 3.20. The quantitative estimate of drug-likeness (QED) is 0.792. The highest BCUT2D eigenvalue weighted by molar-refractivity contribution is 8.13. The molecule has 0 amide bonds. The van der Waals surface area contributed by atoms with Crippen LogP contribution in [-0.2, 0) is 9.05 Å². The summed E-state index contributed by atoms with van der Waals surface area (Å²) < 4.78 is 27.4. The van der Waals surface area contributed by atoms with Gasteiger partial charge in [0.15, 0.2) is 0 Å². The lowest BCUT2D eigenvalue weighted by atomic mass is 10.3. The number of hydrogen-bond acceptors (Lipinski definition) is 3. The maximum atomic E-state index is 11.0. The molecule has 0 radical (unpaired) electrons. The fourth-order valence-corrected chi connectivity index (χ4v) is 1.91. The van der Waals surface area contributed by atoms with E-state index >= 15 is 0 Å². The van der Waals surface area contributed by atoms with E-state index in [4.69, 9.17) is 27.0 Å². The first-order valence-electron chi connectivity index (χ1n) is 4.21. The van der Waals surface area contributed by atoms with Crippen LogP contribution in [0.25, 0.3) is 0 Å². The van der Waals surface area contributed by atoms with Crippen LogP contribution in [0.15, 0.2) is 23.1 Å². The van der Waals surface area contributed by atoms with Gasteiger partial charge in [0.2, 0.25) is 0 Å². The Labute approximate surface area is 98.4 Å². The van der Waals surface area contributed by atoms with Crippen LogP contribution in [0.3, 0.4) is 0 Å². The van der Waals surface area contributed by atoms with Crippen LogP contribution in [0.2, 0.25) is 5.02 Å². The Bertz CT molecular complexity index is 454. The Morgan fingerprint density at radius 1 is 1.33 bits per heavy atom. The van der Waals surface area contributed by atoms with Gasteiger partial charge in [0.05, 0.1) is 16.0 Å². The molecule has 0 fully saturated rings. The number of benzene rings is 1. The molecule has 0 N–H and O–H groups in total. The predicted molar refractivity (Wildman–Crippen MR) is 60.3 cm³/mol. The van der Waals surface area contributed by atoms with Gasteiger partial charge in [0.25, 0.3) is 9.05 Å². The average molecular weight is 269 g/mol. The van der Waals surface area contributed by atoms with Crippen molar-refractivity contribution in [3.8, 4) is 5.75 Å². The Balaban J connectivity index is 3.17. The van der Waals surface area contributed by atoms with Crippen LogP contribution >= 0.6 is 22.3 Å². The summed E-state index contributed by atoms with van der Waals surface area (Å²) in [6.45, 7) is 3.64. The molecule has 0 aliphatic rings. The Kier molecular flexibility index (Phi) is 3.87. The molecule has 0 aliphatic heterocycles. The second-order valence-corrected chi connectivity index (χ2v) is 6.17. The van der Waals surface area contributed by atoms with Crippen molar-refractivity contribution in [1.82, 2.24) is 0 Å². The van der Waals surface area contributed by atoms with Crippen molar-refractivity contribution in [2.45, 2.75) is 24.8 Å². The van der Waals surface area contributed by atoms with E-state index in [1.807, 2.05) is 13.8 Å². The molecule has 0 heterocycles. The van der Waals surface area contributed by atoms with E-state index in [0.717, 1.165) is 0 Å². The van der Waals surface area contributed by atoms with Gasteiger partial charge < -0.3 is 4.74 Å². The Morgan fingerprint density at radius 2 is 1.93 bits per heavy atom. The minimum Gasteiger partial charge on any atom is -0.489 e. The smallest absolute Gasteiger partial charge is 0.261 e. The number of ether oxygens (including phenoxy) is 1. The summed E-state index contributed by atoms with van der Waals surface area (Å²) in [7, 11) is 1.45. The molecular weight excluding hydrogens is 259 g/mol. The fourth-order valence-electron chi connectivity index (χ4n) is 0.980. The molecule has 0 spiro atoms. The van der Waals surface area contributed by atoms with Crippen molar-refractivity contribution in [3.63, 3.8) is 0 Å². The minimum absolute atomic E-state index is 0.0239. The maximum absolute atomic E-state index is 11.0. The summed E-state index contributed by atoms with van der Waals surface area (Å²) in [4.78, 5) is -0.0239. The number of rotatable bonds is 3. The normalized spacial score (nSPS) is 11.8. The molecule has 1 aromatic rings. The van der Waals surface area contributed by atoms with Crippen LogP contribution in [-0.4, -0.2) is 14.5 Å². The van der Waals surface area contributed by atoms with Gasteiger partial charge in [-0.2, -0.15) is 0 Å². The van der Waals surface area contributed by atoms with E-state index in [9.17, 15) is 8.42 Å². The van der Waals surface area contributed by atoms with Gasteiger partial charge in [0.1, 0.15) is 5.75 Å². The van der Waals surface area contributed by atoms with Gasteiger partial charge >= 0.3 is 0 Å². The second kappa shape index (κ2) is 4.60. The zero-order valence-electron chi connectivity index (χ0n) is 8.20. The van der Waals surface area contributed by atoms with Gasteiger partial charge in [-0.15, -0.1) is 0 Å². The standard InChI is InChI=1S/C9H10Cl2O3S/c1-6(2)14-9-5-7(15(11,12)13)3-4-8(9)10/h3-6H,1-2H3.